The van der Waals surface area contributed by atoms with Gasteiger partial charge < -0.3 is 5.11 Å². The van der Waals surface area contributed by atoms with Crippen molar-refractivity contribution < 1.29 is 5.11 Å². The van der Waals surface area contributed by atoms with Gasteiger partial charge in [0.15, 0.2) is 0 Å². The van der Waals surface area contributed by atoms with Gasteiger partial charge in [-0.2, -0.15) is 0 Å². The van der Waals surface area contributed by atoms with Gasteiger partial charge in [-0.05, 0) is 49.1 Å². The smallest absolute Gasteiger partial charge is 0.0871 e. The maximum absolute atomic E-state index is 10.5. The summed E-state index contributed by atoms with van der Waals surface area (Å²) in [5, 5.41) is 10.5. The molecular formula is C16H24O. The molecule has 0 amide bonds. The molecule has 1 unspecified atom stereocenters. The third-order valence-corrected chi connectivity index (χ3v) is 3.91. The molecule has 1 N–H and O–H groups in total. The van der Waals surface area contributed by atoms with E-state index in [-0.39, 0.29) is 0 Å². The molecule has 17 heavy (non-hydrogen) atoms. The van der Waals surface area contributed by atoms with E-state index in [1.54, 1.807) is 0 Å². The van der Waals surface area contributed by atoms with Gasteiger partial charge in [-0.15, -0.1) is 0 Å². The van der Waals surface area contributed by atoms with Crippen LogP contribution >= 0.6 is 0 Å². The SMILES string of the molecule is CC(C)CC(C)(O)c1ccc(C2CCC2)cc1. The average Bonchev–Trinajstić information content (AvgIpc) is 2.13. The van der Waals surface area contributed by atoms with Crippen molar-refractivity contribution in [1.82, 2.24) is 0 Å². The first kappa shape index (κ1) is 12.6. The van der Waals surface area contributed by atoms with E-state index in [1.165, 1.54) is 24.8 Å². The van der Waals surface area contributed by atoms with Gasteiger partial charge in [0.25, 0.3) is 0 Å². The molecule has 1 atom stereocenters. The zero-order valence-corrected chi connectivity index (χ0v) is 11.2. The van der Waals surface area contributed by atoms with Crippen LogP contribution in [0.5, 0.6) is 0 Å². The van der Waals surface area contributed by atoms with Crippen molar-refractivity contribution in [2.24, 2.45) is 5.92 Å². The summed E-state index contributed by atoms with van der Waals surface area (Å²) in [6.07, 6.45) is 4.86. The zero-order chi connectivity index (χ0) is 12.5. The van der Waals surface area contributed by atoms with Crippen LogP contribution in [0.4, 0.5) is 0 Å². The fourth-order valence-electron chi connectivity index (χ4n) is 2.77. The first-order valence-corrected chi connectivity index (χ1v) is 6.82. The average molecular weight is 232 g/mol. The van der Waals surface area contributed by atoms with Gasteiger partial charge in [-0.3, -0.25) is 0 Å². The molecule has 2 rings (SSSR count). The number of benzene rings is 1. The first-order valence-electron chi connectivity index (χ1n) is 6.82. The van der Waals surface area contributed by atoms with Crippen molar-refractivity contribution in [3.05, 3.63) is 35.4 Å². The Hall–Kier alpha value is -0.820. The topological polar surface area (TPSA) is 20.2 Å². The van der Waals surface area contributed by atoms with Gasteiger partial charge in [0.2, 0.25) is 0 Å². The molecule has 1 aromatic rings. The van der Waals surface area contributed by atoms with Crippen LogP contribution in [0.1, 0.15) is 63.5 Å². The monoisotopic (exact) mass is 232 g/mol. The van der Waals surface area contributed by atoms with Crippen LogP contribution in [0, 0.1) is 5.92 Å². The predicted molar refractivity (Wildman–Crippen MR) is 72.1 cm³/mol. The Balaban J connectivity index is 2.10. The molecule has 94 valence electrons. The van der Waals surface area contributed by atoms with Crippen molar-refractivity contribution >= 4 is 0 Å². The molecule has 1 heteroatoms. The van der Waals surface area contributed by atoms with Crippen LogP contribution in [0.15, 0.2) is 24.3 Å². The fraction of sp³-hybridized carbons (Fsp3) is 0.625. The molecule has 1 nitrogen and oxygen atoms in total. The Bertz CT molecular complexity index is 358. The van der Waals surface area contributed by atoms with Crippen LogP contribution in [0.25, 0.3) is 0 Å². The highest BCUT2D eigenvalue weighted by Crippen LogP contribution is 2.37. The van der Waals surface area contributed by atoms with Crippen molar-refractivity contribution in [2.45, 2.75) is 58.0 Å². The summed E-state index contributed by atoms with van der Waals surface area (Å²) in [5.41, 5.74) is 1.81. The van der Waals surface area contributed by atoms with E-state index >= 15 is 0 Å². The summed E-state index contributed by atoms with van der Waals surface area (Å²) < 4.78 is 0. The predicted octanol–water partition coefficient (Wildman–Crippen LogP) is 4.21. The fourth-order valence-corrected chi connectivity index (χ4v) is 2.77. The summed E-state index contributed by atoms with van der Waals surface area (Å²) in [7, 11) is 0. The number of aliphatic hydroxyl groups is 1. The van der Waals surface area contributed by atoms with Gasteiger partial charge in [0, 0.05) is 0 Å². The highest BCUT2D eigenvalue weighted by atomic mass is 16.3. The minimum Gasteiger partial charge on any atom is -0.385 e. The third-order valence-electron chi connectivity index (χ3n) is 3.91. The molecule has 1 aliphatic rings. The van der Waals surface area contributed by atoms with Crippen molar-refractivity contribution in [3.63, 3.8) is 0 Å². The summed E-state index contributed by atoms with van der Waals surface area (Å²) in [5.74, 6) is 1.29. The molecule has 0 saturated heterocycles. The molecule has 0 radical (unpaired) electrons. The van der Waals surface area contributed by atoms with Gasteiger partial charge in [-0.1, -0.05) is 44.5 Å². The molecule has 0 spiro atoms. The molecule has 0 bridgehead atoms. The van der Waals surface area contributed by atoms with E-state index in [1.807, 2.05) is 6.92 Å². The van der Waals surface area contributed by atoms with Crippen molar-refractivity contribution in [3.8, 4) is 0 Å². The van der Waals surface area contributed by atoms with Gasteiger partial charge in [0.1, 0.15) is 0 Å². The summed E-state index contributed by atoms with van der Waals surface area (Å²) >= 11 is 0. The third kappa shape index (κ3) is 2.90. The Morgan fingerprint density at radius 1 is 1.24 bits per heavy atom. The van der Waals surface area contributed by atoms with E-state index in [0.29, 0.717) is 5.92 Å². The second-order valence-corrected chi connectivity index (χ2v) is 6.12. The molecule has 1 fully saturated rings. The van der Waals surface area contributed by atoms with Crippen LogP contribution < -0.4 is 0 Å². The maximum atomic E-state index is 10.5. The van der Waals surface area contributed by atoms with Crippen LogP contribution in [-0.2, 0) is 5.60 Å². The quantitative estimate of drug-likeness (QED) is 0.824. The lowest BCUT2D eigenvalue weighted by atomic mass is 9.79. The summed E-state index contributed by atoms with van der Waals surface area (Å²) in [6.45, 7) is 6.22. The number of rotatable bonds is 4. The second kappa shape index (κ2) is 4.81. The molecule has 1 saturated carbocycles. The summed E-state index contributed by atoms with van der Waals surface area (Å²) in [4.78, 5) is 0. The standard InChI is InChI=1S/C16H24O/c1-12(2)11-16(3,17)15-9-7-14(8-10-15)13-5-4-6-13/h7-10,12-13,17H,4-6,11H2,1-3H3. The zero-order valence-electron chi connectivity index (χ0n) is 11.2. The van der Waals surface area contributed by atoms with Crippen LogP contribution in [-0.4, -0.2) is 5.11 Å². The largest absolute Gasteiger partial charge is 0.385 e. The van der Waals surface area contributed by atoms with E-state index in [4.69, 9.17) is 0 Å². The van der Waals surface area contributed by atoms with Gasteiger partial charge >= 0.3 is 0 Å². The summed E-state index contributed by atoms with van der Waals surface area (Å²) in [6, 6.07) is 8.62. The minimum atomic E-state index is -0.688. The Labute approximate surface area is 105 Å². The van der Waals surface area contributed by atoms with E-state index in [2.05, 4.69) is 38.1 Å². The highest BCUT2D eigenvalue weighted by Gasteiger charge is 2.25. The van der Waals surface area contributed by atoms with Crippen LogP contribution in [0.3, 0.4) is 0 Å². The van der Waals surface area contributed by atoms with Gasteiger partial charge in [-0.25, -0.2) is 0 Å². The molecule has 1 aliphatic carbocycles. The lowest BCUT2D eigenvalue weighted by Gasteiger charge is -2.28. The lowest BCUT2D eigenvalue weighted by molar-refractivity contribution is 0.0348. The van der Waals surface area contributed by atoms with Gasteiger partial charge in [0.05, 0.1) is 5.60 Å². The first-order chi connectivity index (χ1) is 7.99. The van der Waals surface area contributed by atoms with Crippen molar-refractivity contribution in [2.75, 3.05) is 0 Å². The Kier molecular flexibility index (Phi) is 3.58. The molecular weight excluding hydrogens is 208 g/mol. The van der Waals surface area contributed by atoms with Crippen LogP contribution in [0.2, 0.25) is 0 Å². The Morgan fingerprint density at radius 3 is 2.24 bits per heavy atom. The number of hydrogen-bond acceptors (Lipinski definition) is 1. The Morgan fingerprint density at radius 2 is 1.82 bits per heavy atom. The normalized spacial score (nSPS) is 20.1. The lowest BCUT2D eigenvalue weighted by Crippen LogP contribution is -2.23. The van der Waals surface area contributed by atoms with E-state index in [0.717, 1.165) is 17.9 Å². The molecule has 1 aromatic carbocycles. The van der Waals surface area contributed by atoms with Crippen molar-refractivity contribution in [1.29, 1.82) is 0 Å². The van der Waals surface area contributed by atoms with E-state index < -0.39 is 5.60 Å². The minimum absolute atomic E-state index is 0.510. The van der Waals surface area contributed by atoms with E-state index in [9.17, 15) is 5.11 Å². The highest BCUT2D eigenvalue weighted by molar-refractivity contribution is 5.29. The molecule has 0 aromatic heterocycles. The number of hydrogen-bond donors (Lipinski definition) is 1. The molecule has 0 aliphatic heterocycles. The second-order valence-electron chi connectivity index (χ2n) is 6.12. The molecule has 0 heterocycles. The maximum Gasteiger partial charge on any atom is 0.0871 e.